The lowest BCUT2D eigenvalue weighted by molar-refractivity contribution is 0.0699. The van der Waals surface area contributed by atoms with Gasteiger partial charge in [-0.2, -0.15) is 0 Å². The Morgan fingerprint density at radius 1 is 1.15 bits per heavy atom. The van der Waals surface area contributed by atoms with Crippen LogP contribution in [0.2, 0.25) is 0 Å². The summed E-state index contributed by atoms with van der Waals surface area (Å²) in [5.74, 6) is -0.526. The topological polar surface area (TPSA) is 99.3 Å². The van der Waals surface area contributed by atoms with Gasteiger partial charge < -0.3 is 10.1 Å². The second kappa shape index (κ2) is 6.74. The highest BCUT2D eigenvalue weighted by Gasteiger charge is 2.40. The van der Waals surface area contributed by atoms with Crippen LogP contribution >= 0.6 is 0 Å². The van der Waals surface area contributed by atoms with E-state index in [9.17, 15) is 18.3 Å². The average Bonchev–Trinajstić information content (AvgIpc) is 3.14. The fourth-order valence-electron chi connectivity index (χ4n) is 3.59. The van der Waals surface area contributed by atoms with E-state index in [0.29, 0.717) is 16.8 Å². The molecule has 4 rings (SSSR count). The van der Waals surface area contributed by atoms with E-state index in [-0.39, 0.29) is 22.9 Å². The van der Waals surface area contributed by atoms with Gasteiger partial charge in [0.1, 0.15) is 0 Å². The molecule has 0 saturated heterocycles. The molecule has 0 aliphatic heterocycles. The first kappa shape index (κ1) is 17.6. The van der Waals surface area contributed by atoms with Gasteiger partial charge in [0, 0.05) is 17.1 Å². The second-order valence-electron chi connectivity index (χ2n) is 7.10. The third-order valence-corrected chi connectivity index (χ3v) is 6.43. The normalized spacial score (nSPS) is 19.1. The molecule has 3 aromatic rings. The predicted molar refractivity (Wildman–Crippen MR) is 104 cm³/mol. The van der Waals surface area contributed by atoms with E-state index in [1.807, 2.05) is 18.2 Å². The van der Waals surface area contributed by atoms with Gasteiger partial charge in [-0.15, -0.1) is 0 Å². The molecule has 2 aromatic carbocycles. The van der Waals surface area contributed by atoms with Crippen molar-refractivity contribution in [2.45, 2.75) is 12.8 Å². The van der Waals surface area contributed by atoms with Crippen LogP contribution in [-0.4, -0.2) is 30.2 Å². The highest BCUT2D eigenvalue weighted by atomic mass is 32.2. The van der Waals surface area contributed by atoms with Crippen molar-refractivity contribution < 1.29 is 18.3 Å². The number of aromatic carboxylic acids is 1. The summed E-state index contributed by atoms with van der Waals surface area (Å²) < 4.78 is 27.6. The van der Waals surface area contributed by atoms with Crippen molar-refractivity contribution in [3.8, 4) is 0 Å². The summed E-state index contributed by atoms with van der Waals surface area (Å²) in [5.41, 5.74) is 2.14. The summed E-state index contributed by atoms with van der Waals surface area (Å²) in [6.07, 6.45) is 3.41. The maximum Gasteiger partial charge on any atom is 0.336 e. The summed E-state index contributed by atoms with van der Waals surface area (Å²) in [6, 6.07) is 14.7. The van der Waals surface area contributed by atoms with E-state index >= 15 is 0 Å². The SMILES string of the molecule is O=C(O)c1cc(NS(=O)(=O)CC2CC2Cc2ccccc2)cc2[nH]ccc12. The Balaban J connectivity index is 1.45. The molecule has 7 heteroatoms. The number of sulfonamides is 1. The zero-order valence-corrected chi connectivity index (χ0v) is 15.4. The van der Waals surface area contributed by atoms with Crippen molar-refractivity contribution in [2.75, 3.05) is 10.5 Å². The molecule has 1 aliphatic rings. The highest BCUT2D eigenvalue weighted by Crippen LogP contribution is 2.42. The van der Waals surface area contributed by atoms with Crippen LogP contribution in [0.25, 0.3) is 10.9 Å². The lowest BCUT2D eigenvalue weighted by Crippen LogP contribution is -2.19. The Morgan fingerprint density at radius 3 is 2.67 bits per heavy atom. The third kappa shape index (κ3) is 3.98. The Bertz CT molecular complexity index is 1090. The largest absolute Gasteiger partial charge is 0.478 e. The lowest BCUT2D eigenvalue weighted by atomic mass is 10.1. The molecule has 1 heterocycles. The van der Waals surface area contributed by atoms with Crippen molar-refractivity contribution in [2.24, 2.45) is 11.8 Å². The molecule has 0 bridgehead atoms. The highest BCUT2D eigenvalue weighted by molar-refractivity contribution is 7.92. The van der Waals surface area contributed by atoms with E-state index in [0.717, 1.165) is 12.8 Å². The van der Waals surface area contributed by atoms with Crippen molar-refractivity contribution in [1.29, 1.82) is 0 Å². The number of aromatic nitrogens is 1. The van der Waals surface area contributed by atoms with Gasteiger partial charge in [0.05, 0.1) is 17.0 Å². The van der Waals surface area contributed by atoms with Crippen LogP contribution in [0.5, 0.6) is 0 Å². The van der Waals surface area contributed by atoms with Crippen molar-refractivity contribution in [3.63, 3.8) is 0 Å². The first-order valence-corrected chi connectivity index (χ1v) is 10.5. The molecule has 0 spiro atoms. The maximum absolute atomic E-state index is 12.5. The minimum Gasteiger partial charge on any atom is -0.478 e. The van der Waals surface area contributed by atoms with E-state index in [2.05, 4.69) is 21.8 Å². The smallest absolute Gasteiger partial charge is 0.336 e. The van der Waals surface area contributed by atoms with Gasteiger partial charge >= 0.3 is 5.97 Å². The van der Waals surface area contributed by atoms with E-state index in [4.69, 9.17) is 0 Å². The molecular weight excluding hydrogens is 364 g/mol. The number of anilines is 1. The Morgan fingerprint density at radius 2 is 1.93 bits per heavy atom. The molecule has 0 amide bonds. The van der Waals surface area contributed by atoms with E-state index in [1.54, 1.807) is 18.3 Å². The van der Waals surface area contributed by atoms with Crippen molar-refractivity contribution >= 4 is 32.6 Å². The van der Waals surface area contributed by atoms with E-state index in [1.165, 1.54) is 11.6 Å². The number of carboxylic acid groups (broad SMARTS) is 1. The van der Waals surface area contributed by atoms with Gasteiger partial charge in [0.2, 0.25) is 10.0 Å². The monoisotopic (exact) mass is 384 g/mol. The third-order valence-electron chi connectivity index (χ3n) is 5.02. The lowest BCUT2D eigenvalue weighted by Gasteiger charge is -2.10. The molecule has 140 valence electrons. The van der Waals surface area contributed by atoms with Crippen LogP contribution in [0.15, 0.2) is 54.7 Å². The standard InChI is InChI=1S/C20H20N2O4S/c23-20(24)18-10-16(11-19-17(18)6-7-21-19)22-27(25,26)12-15-9-14(15)8-13-4-2-1-3-5-13/h1-7,10-11,14-15,21-22H,8-9,12H2,(H,23,24). The van der Waals surface area contributed by atoms with Gasteiger partial charge in [-0.1, -0.05) is 30.3 Å². The van der Waals surface area contributed by atoms with Crippen molar-refractivity contribution in [3.05, 3.63) is 65.9 Å². The van der Waals surface area contributed by atoms with Crippen LogP contribution in [0.3, 0.4) is 0 Å². The molecule has 2 atom stereocenters. The Hall–Kier alpha value is -2.80. The number of H-pyrrole nitrogens is 1. The number of nitrogens with one attached hydrogen (secondary N) is 2. The quantitative estimate of drug-likeness (QED) is 0.581. The average molecular weight is 384 g/mol. The number of aromatic amines is 1. The van der Waals surface area contributed by atoms with E-state index < -0.39 is 16.0 Å². The molecule has 2 unspecified atom stereocenters. The van der Waals surface area contributed by atoms with Crippen LogP contribution in [0.1, 0.15) is 22.3 Å². The summed E-state index contributed by atoms with van der Waals surface area (Å²) in [4.78, 5) is 14.4. The van der Waals surface area contributed by atoms with Crippen LogP contribution in [-0.2, 0) is 16.4 Å². The first-order valence-electron chi connectivity index (χ1n) is 8.80. The number of hydrogen-bond donors (Lipinski definition) is 3. The minimum absolute atomic E-state index is 0.0513. The first-order chi connectivity index (χ1) is 12.9. The van der Waals surface area contributed by atoms with Crippen LogP contribution in [0, 0.1) is 11.8 Å². The summed E-state index contributed by atoms with van der Waals surface area (Å²) in [7, 11) is -3.55. The summed E-state index contributed by atoms with van der Waals surface area (Å²) in [5, 5.41) is 9.91. The Labute approximate surface area is 157 Å². The van der Waals surface area contributed by atoms with Gasteiger partial charge in [-0.25, -0.2) is 13.2 Å². The number of fused-ring (bicyclic) bond motifs is 1. The summed E-state index contributed by atoms with van der Waals surface area (Å²) >= 11 is 0. The Kier molecular flexibility index (Phi) is 4.39. The molecule has 1 aromatic heterocycles. The van der Waals surface area contributed by atoms with Gasteiger partial charge in [0.25, 0.3) is 0 Å². The number of carbonyl (C=O) groups is 1. The molecule has 3 N–H and O–H groups in total. The number of hydrogen-bond acceptors (Lipinski definition) is 3. The molecule has 1 aliphatic carbocycles. The minimum atomic E-state index is -3.55. The predicted octanol–water partition coefficient (Wildman–Crippen LogP) is 3.49. The molecule has 1 saturated carbocycles. The molecule has 1 fully saturated rings. The van der Waals surface area contributed by atoms with Crippen LogP contribution in [0.4, 0.5) is 5.69 Å². The van der Waals surface area contributed by atoms with Gasteiger partial charge in [-0.3, -0.25) is 4.72 Å². The fourth-order valence-corrected chi connectivity index (χ4v) is 5.12. The zero-order chi connectivity index (χ0) is 19.0. The zero-order valence-electron chi connectivity index (χ0n) is 14.6. The fraction of sp³-hybridized carbons (Fsp3) is 0.250. The second-order valence-corrected chi connectivity index (χ2v) is 8.86. The maximum atomic E-state index is 12.5. The summed E-state index contributed by atoms with van der Waals surface area (Å²) in [6.45, 7) is 0. The molecule has 0 radical (unpaired) electrons. The van der Waals surface area contributed by atoms with Crippen LogP contribution < -0.4 is 4.72 Å². The molecule has 27 heavy (non-hydrogen) atoms. The number of carboxylic acids is 1. The molecular formula is C20H20N2O4S. The number of rotatable bonds is 7. The van der Waals surface area contributed by atoms with Gasteiger partial charge in [-0.05, 0) is 48.4 Å². The van der Waals surface area contributed by atoms with Crippen molar-refractivity contribution in [1.82, 2.24) is 4.98 Å². The van der Waals surface area contributed by atoms with Gasteiger partial charge in [0.15, 0.2) is 0 Å². The molecule has 6 nitrogen and oxygen atoms in total. The number of benzene rings is 2.